The summed E-state index contributed by atoms with van der Waals surface area (Å²) in [6.07, 6.45) is 6.15. The molecule has 2 rings (SSSR count). The van der Waals surface area contributed by atoms with E-state index in [2.05, 4.69) is 6.92 Å². The Hall–Kier alpha value is -2.43. The summed E-state index contributed by atoms with van der Waals surface area (Å²) < 4.78 is 13.0. The number of phenols is 1. The molecular weight excluding hydrogens is 330 g/mol. The largest absolute Gasteiger partial charge is 0.508 e. The molecule has 142 valence electrons. The van der Waals surface area contributed by atoms with Crippen LogP contribution in [0.2, 0.25) is 0 Å². The Balaban J connectivity index is 2.54. The van der Waals surface area contributed by atoms with Gasteiger partial charge in [-0.2, -0.15) is 0 Å². The number of aromatic hydroxyl groups is 1. The zero-order valence-electron chi connectivity index (χ0n) is 16.2. The normalized spacial score (nSPS) is 10.8. The van der Waals surface area contributed by atoms with Crippen LogP contribution in [0.4, 0.5) is 0 Å². The molecule has 0 aliphatic rings. The van der Waals surface area contributed by atoms with Crippen LogP contribution in [0, 0.1) is 0 Å². The minimum Gasteiger partial charge on any atom is -0.508 e. The summed E-state index contributed by atoms with van der Waals surface area (Å²) in [5, 5.41) is 10.7. The van der Waals surface area contributed by atoms with Crippen molar-refractivity contribution in [3.8, 4) is 17.2 Å². The number of nitrogens with zero attached hydrogens (tertiary/aromatic N) is 1. The van der Waals surface area contributed by atoms with E-state index in [1.807, 2.05) is 19.9 Å². The molecule has 5 nitrogen and oxygen atoms in total. The number of unbranched alkanes of at least 4 members (excludes halogenated alkanes) is 3. The molecule has 1 N–H and O–H groups in total. The zero-order chi connectivity index (χ0) is 19.1. The molecule has 0 bridgehead atoms. The summed E-state index contributed by atoms with van der Waals surface area (Å²) in [4.78, 5) is 13.1. The molecule has 0 atom stereocenters. The molecule has 1 aromatic heterocycles. The Morgan fingerprint density at radius 2 is 1.96 bits per heavy atom. The van der Waals surface area contributed by atoms with Gasteiger partial charge in [0, 0.05) is 18.0 Å². The molecule has 1 heterocycles. The molecular formula is C21H29NO4. The maximum absolute atomic E-state index is 13.1. The summed E-state index contributed by atoms with van der Waals surface area (Å²) in [5.41, 5.74) is 1.56. The van der Waals surface area contributed by atoms with Gasteiger partial charge in [0.2, 0.25) is 5.75 Å². The van der Waals surface area contributed by atoms with Crippen LogP contribution in [0.15, 0.2) is 34.6 Å². The van der Waals surface area contributed by atoms with E-state index < -0.39 is 0 Å². The lowest BCUT2D eigenvalue weighted by Crippen LogP contribution is -2.23. The number of aryl methyl sites for hydroxylation is 1. The van der Waals surface area contributed by atoms with E-state index >= 15 is 0 Å². The van der Waals surface area contributed by atoms with Gasteiger partial charge in [-0.15, -0.1) is 0 Å². The third-order valence-corrected chi connectivity index (χ3v) is 4.32. The van der Waals surface area contributed by atoms with Crippen LogP contribution in [0.5, 0.6) is 17.2 Å². The van der Waals surface area contributed by atoms with Crippen LogP contribution in [-0.2, 0) is 6.54 Å². The van der Waals surface area contributed by atoms with E-state index in [9.17, 15) is 9.90 Å². The highest BCUT2D eigenvalue weighted by molar-refractivity contribution is 5.89. The van der Waals surface area contributed by atoms with Gasteiger partial charge in [0.15, 0.2) is 5.75 Å². The van der Waals surface area contributed by atoms with Crippen LogP contribution in [0.3, 0.4) is 0 Å². The predicted molar refractivity (Wildman–Crippen MR) is 105 cm³/mol. The lowest BCUT2D eigenvalue weighted by Gasteiger charge is -2.17. The third-order valence-electron chi connectivity index (χ3n) is 4.32. The first-order valence-electron chi connectivity index (χ1n) is 9.19. The van der Waals surface area contributed by atoms with E-state index in [-0.39, 0.29) is 17.1 Å². The summed E-state index contributed by atoms with van der Waals surface area (Å²) in [6.45, 7) is 7.02. The van der Waals surface area contributed by atoms with Crippen molar-refractivity contribution in [1.82, 2.24) is 4.57 Å². The second-order valence-electron chi connectivity index (χ2n) is 6.67. The van der Waals surface area contributed by atoms with Gasteiger partial charge in [0.05, 0.1) is 12.6 Å². The van der Waals surface area contributed by atoms with E-state index in [0.717, 1.165) is 36.6 Å². The minimum atomic E-state index is -0.224. The quantitative estimate of drug-likeness (QED) is 0.523. The predicted octanol–water partition coefficient (Wildman–Crippen LogP) is 4.64. The van der Waals surface area contributed by atoms with Gasteiger partial charge in [-0.3, -0.25) is 4.79 Å². The molecule has 0 amide bonds. The van der Waals surface area contributed by atoms with Gasteiger partial charge < -0.3 is 19.1 Å². The van der Waals surface area contributed by atoms with Gasteiger partial charge in [-0.1, -0.05) is 31.8 Å². The molecule has 0 fully saturated rings. The highest BCUT2D eigenvalue weighted by Gasteiger charge is 2.19. The van der Waals surface area contributed by atoms with Crippen LogP contribution >= 0.6 is 0 Å². The Bertz CT molecular complexity index is 832. The summed E-state index contributed by atoms with van der Waals surface area (Å²) in [7, 11) is 1.53. The highest BCUT2D eigenvalue weighted by atomic mass is 16.5. The highest BCUT2D eigenvalue weighted by Crippen LogP contribution is 2.34. The van der Waals surface area contributed by atoms with Crippen LogP contribution in [0.1, 0.15) is 46.5 Å². The van der Waals surface area contributed by atoms with Crippen molar-refractivity contribution in [2.24, 2.45) is 0 Å². The van der Waals surface area contributed by atoms with Gasteiger partial charge in [0.25, 0.3) is 5.56 Å². The minimum absolute atomic E-state index is 0.125. The zero-order valence-corrected chi connectivity index (χ0v) is 16.2. The number of benzene rings is 1. The number of rotatable bonds is 9. The Morgan fingerprint density at radius 1 is 1.19 bits per heavy atom. The molecule has 5 heteroatoms. The van der Waals surface area contributed by atoms with Crippen molar-refractivity contribution in [2.75, 3.05) is 13.7 Å². The summed E-state index contributed by atoms with van der Waals surface area (Å²) >= 11 is 0. The Morgan fingerprint density at radius 3 is 2.62 bits per heavy atom. The lowest BCUT2D eigenvalue weighted by molar-refractivity contribution is 0.320. The number of allylic oxidation sites excluding steroid dienone is 1. The molecule has 26 heavy (non-hydrogen) atoms. The molecule has 0 spiro atoms. The van der Waals surface area contributed by atoms with Crippen molar-refractivity contribution in [3.63, 3.8) is 0 Å². The lowest BCUT2D eigenvalue weighted by atomic mass is 10.1. The monoisotopic (exact) mass is 359 g/mol. The first-order chi connectivity index (χ1) is 12.5. The number of methoxy groups -OCH3 is 1. The summed E-state index contributed by atoms with van der Waals surface area (Å²) in [6, 6.07) is 4.97. The molecule has 1 aromatic carbocycles. The van der Waals surface area contributed by atoms with Crippen LogP contribution in [0.25, 0.3) is 10.9 Å². The third kappa shape index (κ3) is 4.59. The van der Waals surface area contributed by atoms with Gasteiger partial charge in [0.1, 0.15) is 12.4 Å². The van der Waals surface area contributed by atoms with Crippen molar-refractivity contribution in [3.05, 3.63) is 40.2 Å². The number of phenolic OH excluding ortho intramolecular Hbond substituents is 1. The van der Waals surface area contributed by atoms with Crippen LogP contribution in [-0.4, -0.2) is 23.4 Å². The average Bonchev–Trinajstić information content (AvgIpc) is 2.60. The van der Waals surface area contributed by atoms with Gasteiger partial charge >= 0.3 is 0 Å². The van der Waals surface area contributed by atoms with Gasteiger partial charge in [-0.25, -0.2) is 0 Å². The first-order valence-corrected chi connectivity index (χ1v) is 9.19. The second kappa shape index (κ2) is 9.32. The fraction of sp³-hybridized carbons (Fsp3) is 0.476. The molecule has 0 radical (unpaired) electrons. The molecule has 0 saturated carbocycles. The van der Waals surface area contributed by atoms with Gasteiger partial charge in [-0.05, 0) is 38.5 Å². The van der Waals surface area contributed by atoms with E-state index in [4.69, 9.17) is 9.47 Å². The van der Waals surface area contributed by atoms with Crippen molar-refractivity contribution in [2.45, 2.75) is 53.0 Å². The van der Waals surface area contributed by atoms with Crippen molar-refractivity contribution < 1.29 is 14.6 Å². The maximum atomic E-state index is 13.1. The van der Waals surface area contributed by atoms with E-state index in [1.54, 1.807) is 22.8 Å². The Kier molecular flexibility index (Phi) is 7.13. The fourth-order valence-corrected chi connectivity index (χ4v) is 2.93. The first kappa shape index (κ1) is 19.9. The molecule has 0 saturated heterocycles. The molecule has 0 aliphatic heterocycles. The number of hydrogen-bond acceptors (Lipinski definition) is 4. The molecule has 2 aromatic rings. The average molecular weight is 359 g/mol. The van der Waals surface area contributed by atoms with Crippen molar-refractivity contribution >= 4 is 10.9 Å². The molecule has 0 aliphatic carbocycles. The van der Waals surface area contributed by atoms with Crippen molar-refractivity contribution in [1.29, 1.82) is 0 Å². The maximum Gasteiger partial charge on any atom is 0.297 e. The Labute approximate surface area is 154 Å². The van der Waals surface area contributed by atoms with E-state index in [1.165, 1.54) is 7.11 Å². The number of aromatic nitrogens is 1. The fourth-order valence-electron chi connectivity index (χ4n) is 2.93. The number of ether oxygens (including phenoxy) is 2. The molecule has 0 unspecified atom stereocenters. The SMILES string of the molecule is CCCCCCn1c(=O)c(OCC=C(C)C)c(OC)c2ccc(O)cc21. The smallest absolute Gasteiger partial charge is 0.297 e. The van der Waals surface area contributed by atoms with Crippen LogP contribution < -0.4 is 15.0 Å². The second-order valence-corrected chi connectivity index (χ2v) is 6.67. The summed E-state index contributed by atoms with van der Waals surface area (Å²) in [5.74, 6) is 0.759. The van der Waals surface area contributed by atoms with E-state index in [0.29, 0.717) is 24.4 Å². The number of pyridine rings is 1. The number of fused-ring (bicyclic) bond motifs is 1. The number of hydrogen-bond donors (Lipinski definition) is 1. The standard InChI is InChI=1S/C21H29NO4/c1-5-6-7-8-12-22-18-14-16(23)9-10-17(18)19(25-4)20(21(22)24)26-13-11-15(2)3/h9-11,14,23H,5-8,12-13H2,1-4H3. The topological polar surface area (TPSA) is 60.7 Å².